The first-order chi connectivity index (χ1) is 11.1. The fraction of sp³-hybridized carbons (Fsp3) is 0.429. The normalized spacial score (nSPS) is 17.0. The van der Waals surface area contributed by atoms with Crippen molar-refractivity contribution in [1.82, 2.24) is 0 Å². The van der Waals surface area contributed by atoms with Crippen LogP contribution in [0, 0.1) is 13.8 Å². The number of hydrogen-bond donors (Lipinski definition) is 1. The van der Waals surface area contributed by atoms with Gasteiger partial charge in [-0.25, -0.2) is 0 Å². The molecule has 0 unspecified atom stereocenters. The molecule has 2 heteroatoms. The zero-order valence-corrected chi connectivity index (χ0v) is 14.4. The van der Waals surface area contributed by atoms with Crippen LogP contribution in [0.3, 0.4) is 0 Å². The van der Waals surface area contributed by atoms with Crippen LogP contribution in [0.5, 0.6) is 11.5 Å². The van der Waals surface area contributed by atoms with Crippen LogP contribution in [-0.4, -0.2) is 12.2 Å². The van der Waals surface area contributed by atoms with Gasteiger partial charge in [0.25, 0.3) is 0 Å². The predicted molar refractivity (Wildman–Crippen MR) is 94.4 cm³/mol. The summed E-state index contributed by atoms with van der Waals surface area (Å²) in [4.78, 5) is 0. The Morgan fingerprint density at radius 2 is 1.48 bits per heavy atom. The number of phenolic OH excluding ortho intramolecular Hbond substituents is 1. The van der Waals surface area contributed by atoms with Gasteiger partial charge in [-0.2, -0.15) is 0 Å². The Balaban J connectivity index is 2.13. The summed E-state index contributed by atoms with van der Waals surface area (Å²) in [5.41, 5.74) is 4.91. The van der Waals surface area contributed by atoms with Crippen LogP contribution >= 0.6 is 0 Å². The van der Waals surface area contributed by atoms with E-state index < -0.39 is 0 Å². The van der Waals surface area contributed by atoms with Gasteiger partial charge >= 0.3 is 0 Å². The molecule has 1 aliphatic carbocycles. The Kier molecular flexibility index (Phi) is 4.34. The molecule has 0 heterocycles. The smallest absolute Gasteiger partial charge is 0.121 e. The van der Waals surface area contributed by atoms with Crippen molar-refractivity contribution in [2.45, 2.75) is 51.4 Å². The van der Waals surface area contributed by atoms with Crippen molar-refractivity contribution in [2.75, 3.05) is 7.11 Å². The van der Waals surface area contributed by atoms with Gasteiger partial charge in [0.1, 0.15) is 11.5 Å². The van der Waals surface area contributed by atoms with Crippen molar-refractivity contribution in [3.05, 3.63) is 58.7 Å². The molecule has 1 saturated carbocycles. The lowest BCUT2D eigenvalue weighted by atomic mass is 9.65. The van der Waals surface area contributed by atoms with Crippen LogP contribution in [0.2, 0.25) is 0 Å². The molecule has 3 rings (SSSR count). The Morgan fingerprint density at radius 3 is 2.04 bits per heavy atom. The van der Waals surface area contributed by atoms with Crippen molar-refractivity contribution in [1.29, 1.82) is 0 Å². The molecule has 0 radical (unpaired) electrons. The number of benzene rings is 2. The van der Waals surface area contributed by atoms with Gasteiger partial charge in [-0.05, 0) is 61.1 Å². The average Bonchev–Trinajstić information content (AvgIpc) is 2.58. The lowest BCUT2D eigenvalue weighted by molar-refractivity contribution is 0.344. The topological polar surface area (TPSA) is 29.5 Å². The average molecular weight is 310 g/mol. The van der Waals surface area contributed by atoms with E-state index in [1.165, 1.54) is 48.8 Å². The Bertz CT molecular complexity index is 697. The first-order valence-electron chi connectivity index (χ1n) is 8.52. The maximum absolute atomic E-state index is 9.89. The minimum atomic E-state index is 0.0632. The number of aromatic hydroxyl groups is 1. The Labute approximate surface area is 139 Å². The molecule has 0 aliphatic heterocycles. The van der Waals surface area contributed by atoms with Gasteiger partial charge < -0.3 is 9.84 Å². The second-order valence-corrected chi connectivity index (χ2v) is 6.83. The van der Waals surface area contributed by atoms with E-state index in [1.54, 1.807) is 7.11 Å². The molecular formula is C21H26O2. The van der Waals surface area contributed by atoms with Crippen LogP contribution in [0.15, 0.2) is 36.4 Å². The van der Waals surface area contributed by atoms with E-state index in [2.05, 4.69) is 37.3 Å². The Hall–Kier alpha value is -1.96. The first-order valence-corrected chi connectivity index (χ1v) is 8.52. The molecule has 2 nitrogen and oxygen atoms in total. The number of ether oxygens (including phenoxy) is 1. The van der Waals surface area contributed by atoms with Crippen LogP contribution in [-0.2, 0) is 5.41 Å². The van der Waals surface area contributed by atoms with Crippen molar-refractivity contribution < 1.29 is 9.84 Å². The van der Waals surface area contributed by atoms with E-state index in [0.717, 1.165) is 11.3 Å². The summed E-state index contributed by atoms with van der Waals surface area (Å²) in [6, 6.07) is 12.7. The maximum atomic E-state index is 9.89. The highest BCUT2D eigenvalue weighted by Crippen LogP contribution is 2.46. The molecule has 0 atom stereocenters. The van der Waals surface area contributed by atoms with Crippen molar-refractivity contribution in [3.8, 4) is 11.5 Å². The van der Waals surface area contributed by atoms with Crippen molar-refractivity contribution in [3.63, 3.8) is 0 Å². The summed E-state index contributed by atoms with van der Waals surface area (Å²) >= 11 is 0. The zero-order chi connectivity index (χ0) is 16.4. The van der Waals surface area contributed by atoms with E-state index in [9.17, 15) is 5.11 Å². The molecule has 0 bridgehead atoms. The largest absolute Gasteiger partial charge is 0.508 e. The molecule has 0 aromatic heterocycles. The van der Waals surface area contributed by atoms with E-state index in [4.69, 9.17) is 4.74 Å². The minimum Gasteiger partial charge on any atom is -0.508 e. The van der Waals surface area contributed by atoms with Crippen molar-refractivity contribution in [2.24, 2.45) is 0 Å². The van der Waals surface area contributed by atoms with Crippen LogP contribution < -0.4 is 4.74 Å². The SMILES string of the molecule is COc1ccc(C2(c3ccc(O)c(C)c3)CCCCC2)cc1C. The highest BCUT2D eigenvalue weighted by molar-refractivity contribution is 5.48. The monoisotopic (exact) mass is 310 g/mol. The summed E-state index contributed by atoms with van der Waals surface area (Å²) in [6.07, 6.45) is 6.16. The third-order valence-corrected chi connectivity index (χ3v) is 5.40. The highest BCUT2D eigenvalue weighted by Gasteiger charge is 2.36. The molecule has 0 saturated heterocycles. The summed E-state index contributed by atoms with van der Waals surface area (Å²) in [5, 5.41) is 9.89. The molecule has 2 aromatic rings. The molecule has 1 fully saturated rings. The van der Waals surface area contributed by atoms with Crippen molar-refractivity contribution >= 4 is 0 Å². The third-order valence-electron chi connectivity index (χ3n) is 5.40. The number of phenols is 1. The van der Waals surface area contributed by atoms with E-state index in [0.29, 0.717) is 5.75 Å². The molecule has 0 amide bonds. The van der Waals surface area contributed by atoms with Gasteiger partial charge in [0.05, 0.1) is 7.11 Å². The lowest BCUT2D eigenvalue weighted by Crippen LogP contribution is -2.30. The lowest BCUT2D eigenvalue weighted by Gasteiger charge is -2.39. The summed E-state index contributed by atoms with van der Waals surface area (Å²) < 4.78 is 5.43. The van der Waals surface area contributed by atoms with Gasteiger partial charge in [-0.3, -0.25) is 0 Å². The number of aryl methyl sites for hydroxylation is 2. The predicted octanol–water partition coefficient (Wildman–Crippen LogP) is 5.27. The van der Waals surface area contributed by atoms with E-state index in [1.807, 2.05) is 13.0 Å². The molecule has 2 aromatic carbocycles. The fourth-order valence-corrected chi connectivity index (χ4v) is 4.03. The van der Waals surface area contributed by atoms with Gasteiger partial charge in [0.15, 0.2) is 0 Å². The van der Waals surface area contributed by atoms with Gasteiger partial charge in [-0.15, -0.1) is 0 Å². The van der Waals surface area contributed by atoms with Gasteiger partial charge in [-0.1, -0.05) is 43.5 Å². The van der Waals surface area contributed by atoms with Crippen LogP contribution in [0.25, 0.3) is 0 Å². The summed E-state index contributed by atoms with van der Waals surface area (Å²) in [6.45, 7) is 4.09. The Morgan fingerprint density at radius 1 is 0.870 bits per heavy atom. The van der Waals surface area contributed by atoms with E-state index in [-0.39, 0.29) is 5.41 Å². The first kappa shape index (κ1) is 15.9. The number of rotatable bonds is 3. The number of methoxy groups -OCH3 is 1. The highest BCUT2D eigenvalue weighted by atomic mass is 16.5. The quantitative estimate of drug-likeness (QED) is 0.837. The molecular weight excluding hydrogens is 284 g/mol. The minimum absolute atomic E-state index is 0.0632. The molecule has 23 heavy (non-hydrogen) atoms. The molecule has 0 spiro atoms. The van der Waals surface area contributed by atoms with Crippen LogP contribution in [0.4, 0.5) is 0 Å². The summed E-state index contributed by atoms with van der Waals surface area (Å²) in [7, 11) is 1.72. The molecule has 1 aliphatic rings. The zero-order valence-electron chi connectivity index (χ0n) is 14.4. The number of hydrogen-bond acceptors (Lipinski definition) is 2. The fourth-order valence-electron chi connectivity index (χ4n) is 4.03. The van der Waals surface area contributed by atoms with Gasteiger partial charge in [0, 0.05) is 5.41 Å². The van der Waals surface area contributed by atoms with E-state index >= 15 is 0 Å². The molecule has 1 N–H and O–H groups in total. The standard InChI is InChI=1S/C21H26O2/c1-15-13-17(7-9-19(15)22)21(11-5-4-6-12-21)18-8-10-20(23-3)16(2)14-18/h7-10,13-14,22H,4-6,11-12H2,1-3H3. The van der Waals surface area contributed by atoms with Gasteiger partial charge in [0.2, 0.25) is 0 Å². The molecule has 122 valence electrons. The third kappa shape index (κ3) is 2.83. The maximum Gasteiger partial charge on any atom is 0.121 e. The second-order valence-electron chi connectivity index (χ2n) is 6.83. The second kappa shape index (κ2) is 6.27. The summed E-state index contributed by atoms with van der Waals surface area (Å²) in [5.74, 6) is 1.33. The van der Waals surface area contributed by atoms with Crippen LogP contribution in [0.1, 0.15) is 54.4 Å².